The second kappa shape index (κ2) is 4.12. The first-order chi connectivity index (χ1) is 8.28. The summed E-state index contributed by atoms with van der Waals surface area (Å²) in [6.07, 6.45) is 1.42. The summed E-state index contributed by atoms with van der Waals surface area (Å²) in [6.45, 7) is 10.4. The third-order valence-electron chi connectivity index (χ3n) is 4.93. The van der Waals surface area contributed by atoms with Crippen molar-refractivity contribution in [3.63, 3.8) is 0 Å². The van der Waals surface area contributed by atoms with E-state index in [9.17, 15) is 4.79 Å². The molecular formula is C14H21NO3. The van der Waals surface area contributed by atoms with Crippen molar-refractivity contribution in [3.05, 3.63) is 23.7 Å². The van der Waals surface area contributed by atoms with Gasteiger partial charge in [0, 0.05) is 0 Å². The van der Waals surface area contributed by atoms with Crippen LogP contribution in [0.4, 0.5) is 0 Å². The molecule has 0 spiro atoms. The van der Waals surface area contributed by atoms with Gasteiger partial charge < -0.3 is 14.8 Å². The van der Waals surface area contributed by atoms with Crippen molar-refractivity contribution in [1.82, 2.24) is 5.32 Å². The van der Waals surface area contributed by atoms with Crippen LogP contribution in [0, 0.1) is 16.7 Å². The quantitative estimate of drug-likeness (QED) is 0.844. The molecule has 1 aromatic heterocycles. The largest absolute Gasteiger partial charge is 0.478 e. The first kappa shape index (κ1) is 13.1. The Kier molecular flexibility index (Phi) is 3.01. The monoisotopic (exact) mass is 251 g/mol. The van der Waals surface area contributed by atoms with Gasteiger partial charge in [-0.3, -0.25) is 0 Å². The molecule has 4 heteroatoms. The van der Waals surface area contributed by atoms with Crippen molar-refractivity contribution in [2.75, 3.05) is 6.54 Å². The van der Waals surface area contributed by atoms with E-state index in [0.717, 1.165) is 6.54 Å². The van der Waals surface area contributed by atoms with Crippen molar-refractivity contribution < 1.29 is 14.3 Å². The summed E-state index contributed by atoms with van der Waals surface area (Å²) >= 11 is 0. The number of nitrogens with one attached hydrogen (secondary N) is 1. The lowest BCUT2D eigenvalue weighted by Gasteiger charge is -2.05. The van der Waals surface area contributed by atoms with Gasteiger partial charge in [-0.1, -0.05) is 27.7 Å². The maximum absolute atomic E-state index is 10.9. The Balaban J connectivity index is 1.87. The molecule has 0 aromatic carbocycles. The maximum atomic E-state index is 10.9. The van der Waals surface area contributed by atoms with E-state index < -0.39 is 5.97 Å². The highest BCUT2D eigenvalue weighted by Crippen LogP contribution is 2.67. The van der Waals surface area contributed by atoms with Crippen LogP contribution in [-0.2, 0) is 6.54 Å². The van der Waals surface area contributed by atoms with Gasteiger partial charge in [0.25, 0.3) is 0 Å². The van der Waals surface area contributed by atoms with Gasteiger partial charge in [0.05, 0.1) is 12.8 Å². The zero-order valence-electron chi connectivity index (χ0n) is 11.4. The molecule has 18 heavy (non-hydrogen) atoms. The Hall–Kier alpha value is -1.29. The fourth-order valence-corrected chi connectivity index (χ4v) is 2.84. The number of carboxylic acids is 1. The molecular weight excluding hydrogens is 230 g/mol. The first-order valence-electron chi connectivity index (χ1n) is 6.29. The molecule has 1 fully saturated rings. The van der Waals surface area contributed by atoms with Crippen molar-refractivity contribution >= 4 is 5.97 Å². The van der Waals surface area contributed by atoms with Crippen molar-refractivity contribution in [1.29, 1.82) is 0 Å². The zero-order chi connectivity index (χ0) is 13.6. The minimum Gasteiger partial charge on any atom is -0.478 e. The molecule has 0 bridgehead atoms. The molecule has 2 N–H and O–H groups in total. The lowest BCUT2D eigenvalue weighted by Crippen LogP contribution is -2.19. The van der Waals surface area contributed by atoms with Gasteiger partial charge in [-0.15, -0.1) is 0 Å². The normalized spacial score (nSPS) is 20.9. The van der Waals surface area contributed by atoms with Gasteiger partial charge in [0.1, 0.15) is 11.3 Å². The highest BCUT2D eigenvalue weighted by molar-refractivity contribution is 5.88. The second-order valence-corrected chi connectivity index (χ2v) is 6.19. The molecule has 1 saturated carbocycles. The van der Waals surface area contributed by atoms with Crippen LogP contribution in [0.25, 0.3) is 0 Å². The minimum absolute atomic E-state index is 0.247. The Morgan fingerprint density at radius 3 is 2.50 bits per heavy atom. The molecule has 1 heterocycles. The van der Waals surface area contributed by atoms with Crippen LogP contribution in [-0.4, -0.2) is 17.6 Å². The summed E-state index contributed by atoms with van der Waals surface area (Å²) in [5.41, 5.74) is 0.939. The number of furan rings is 1. The van der Waals surface area contributed by atoms with E-state index >= 15 is 0 Å². The van der Waals surface area contributed by atoms with E-state index in [0.29, 0.717) is 29.1 Å². The molecule has 1 aliphatic carbocycles. The molecule has 0 amide bonds. The number of aromatic carboxylic acids is 1. The molecule has 2 rings (SSSR count). The Labute approximate surface area is 107 Å². The van der Waals surface area contributed by atoms with Gasteiger partial charge in [-0.05, 0) is 29.4 Å². The molecule has 0 radical (unpaired) electrons. The summed E-state index contributed by atoms with van der Waals surface area (Å²) in [5, 5.41) is 12.3. The van der Waals surface area contributed by atoms with Gasteiger partial charge >= 0.3 is 5.97 Å². The average molecular weight is 251 g/mol. The van der Waals surface area contributed by atoms with Crippen LogP contribution < -0.4 is 5.32 Å². The lowest BCUT2D eigenvalue weighted by molar-refractivity contribution is 0.0694. The summed E-state index contributed by atoms with van der Waals surface area (Å²) in [6, 6.07) is 1.49. The van der Waals surface area contributed by atoms with Crippen LogP contribution in [0.1, 0.15) is 43.8 Å². The van der Waals surface area contributed by atoms with E-state index in [-0.39, 0.29) is 5.56 Å². The van der Waals surface area contributed by atoms with Crippen LogP contribution in [0.5, 0.6) is 0 Å². The van der Waals surface area contributed by atoms with Gasteiger partial charge in [0.2, 0.25) is 0 Å². The Bertz CT molecular complexity index is 445. The van der Waals surface area contributed by atoms with E-state index in [1.54, 1.807) is 0 Å². The van der Waals surface area contributed by atoms with Gasteiger partial charge in [-0.2, -0.15) is 0 Å². The Morgan fingerprint density at radius 2 is 2.00 bits per heavy atom. The molecule has 0 atom stereocenters. The molecule has 0 saturated heterocycles. The van der Waals surface area contributed by atoms with Gasteiger partial charge in [0.15, 0.2) is 0 Å². The fraction of sp³-hybridized carbons (Fsp3) is 0.643. The molecule has 1 aliphatic rings. The topological polar surface area (TPSA) is 62.5 Å². The second-order valence-electron chi connectivity index (χ2n) is 6.19. The number of hydrogen-bond acceptors (Lipinski definition) is 3. The van der Waals surface area contributed by atoms with Crippen LogP contribution in [0.15, 0.2) is 16.7 Å². The summed E-state index contributed by atoms with van der Waals surface area (Å²) in [7, 11) is 0. The molecule has 0 aliphatic heterocycles. The van der Waals surface area contributed by atoms with Crippen molar-refractivity contribution in [2.24, 2.45) is 16.7 Å². The Morgan fingerprint density at radius 1 is 1.39 bits per heavy atom. The van der Waals surface area contributed by atoms with Crippen molar-refractivity contribution in [3.8, 4) is 0 Å². The number of hydrogen-bond donors (Lipinski definition) is 2. The zero-order valence-corrected chi connectivity index (χ0v) is 11.4. The lowest BCUT2D eigenvalue weighted by atomic mass is 10.0. The van der Waals surface area contributed by atoms with Crippen LogP contribution in [0.2, 0.25) is 0 Å². The smallest absolute Gasteiger partial charge is 0.339 e. The maximum Gasteiger partial charge on any atom is 0.339 e. The van der Waals surface area contributed by atoms with E-state index in [1.165, 1.54) is 12.3 Å². The fourth-order valence-electron chi connectivity index (χ4n) is 2.84. The molecule has 100 valence electrons. The third kappa shape index (κ3) is 1.94. The standard InChI is InChI=1S/C14H21NO3/c1-13(2)11(14(13,3)4)8-15-7-10-9(12(16)17)5-6-18-10/h5-6,11,15H,7-8H2,1-4H3,(H,16,17). The minimum atomic E-state index is -0.937. The summed E-state index contributed by atoms with van der Waals surface area (Å²) in [5.74, 6) is 0.180. The van der Waals surface area contributed by atoms with Gasteiger partial charge in [-0.25, -0.2) is 4.79 Å². The molecule has 0 unspecified atom stereocenters. The van der Waals surface area contributed by atoms with Crippen LogP contribution in [0.3, 0.4) is 0 Å². The highest BCUT2D eigenvalue weighted by atomic mass is 16.4. The predicted molar refractivity (Wildman–Crippen MR) is 68.4 cm³/mol. The van der Waals surface area contributed by atoms with Crippen LogP contribution >= 0.6 is 0 Å². The first-order valence-corrected chi connectivity index (χ1v) is 6.29. The number of carbonyl (C=O) groups is 1. The summed E-state index contributed by atoms with van der Waals surface area (Å²) in [4.78, 5) is 10.9. The summed E-state index contributed by atoms with van der Waals surface area (Å²) < 4.78 is 5.19. The average Bonchev–Trinajstić information content (AvgIpc) is 2.66. The SMILES string of the molecule is CC1(C)C(CNCc2occc2C(=O)O)C1(C)C. The van der Waals surface area contributed by atoms with E-state index in [4.69, 9.17) is 9.52 Å². The van der Waals surface area contributed by atoms with Crippen molar-refractivity contribution in [2.45, 2.75) is 34.2 Å². The number of carboxylic acid groups (broad SMARTS) is 1. The molecule has 4 nitrogen and oxygen atoms in total. The number of rotatable bonds is 5. The van der Waals surface area contributed by atoms with E-state index in [2.05, 4.69) is 33.0 Å². The third-order valence-corrected chi connectivity index (χ3v) is 4.93. The molecule has 1 aromatic rings. The predicted octanol–water partition coefficient (Wildman–Crippen LogP) is 2.75. The highest BCUT2D eigenvalue weighted by Gasteiger charge is 2.63. The van der Waals surface area contributed by atoms with E-state index in [1.807, 2.05) is 0 Å².